The lowest BCUT2D eigenvalue weighted by Crippen LogP contribution is -2.52. The summed E-state index contributed by atoms with van der Waals surface area (Å²) >= 11 is 0. The van der Waals surface area contributed by atoms with Crippen molar-refractivity contribution in [2.75, 3.05) is 6.54 Å². The molecular weight excluding hydrogens is 280 g/mol. The number of carboxylic acids is 1. The fourth-order valence-corrected chi connectivity index (χ4v) is 2.08. The molecule has 0 fully saturated rings. The maximum Gasteiger partial charge on any atom is 0.323 e. The number of benzene rings is 1. The number of hydrogen-bond acceptors (Lipinski definition) is 3. The van der Waals surface area contributed by atoms with Crippen molar-refractivity contribution in [3.63, 3.8) is 0 Å². The van der Waals surface area contributed by atoms with E-state index in [1.807, 2.05) is 6.92 Å². The van der Waals surface area contributed by atoms with E-state index in [0.29, 0.717) is 6.54 Å². The lowest BCUT2D eigenvalue weighted by Gasteiger charge is -2.29. The molecule has 1 aromatic carbocycles. The first kappa shape index (κ1) is 17.4. The van der Waals surface area contributed by atoms with Crippen LogP contribution in [0.1, 0.15) is 33.6 Å². The lowest BCUT2D eigenvalue weighted by atomic mass is 9.94. The molecule has 2 unspecified atom stereocenters. The number of nitrogens with one attached hydrogen (secondary N) is 1. The Morgan fingerprint density at radius 2 is 1.95 bits per heavy atom. The Kier molecular flexibility index (Phi) is 6.08. The van der Waals surface area contributed by atoms with Gasteiger partial charge >= 0.3 is 5.97 Å². The average Bonchev–Trinajstić information content (AvgIpc) is 2.34. The van der Waals surface area contributed by atoms with Crippen molar-refractivity contribution in [2.24, 2.45) is 0 Å². The highest BCUT2D eigenvalue weighted by Crippen LogP contribution is 2.21. The predicted octanol–water partition coefficient (Wildman–Crippen LogP) is 2.97. The molecule has 2 N–H and O–H groups in total. The van der Waals surface area contributed by atoms with Crippen LogP contribution in [0, 0.1) is 11.6 Å². The molecule has 0 aromatic heterocycles. The molecule has 0 heterocycles. The van der Waals surface area contributed by atoms with E-state index in [-0.39, 0.29) is 12.2 Å². The molecule has 0 spiro atoms. The molecule has 0 aliphatic carbocycles. The smallest absolute Gasteiger partial charge is 0.323 e. The highest BCUT2D eigenvalue weighted by molar-refractivity contribution is 5.78. The SMILES string of the molecule is CCCNC(C)(CC(C)Oc1cc(F)cc(F)c1)C(=O)O. The van der Waals surface area contributed by atoms with Crippen molar-refractivity contribution in [3.8, 4) is 5.75 Å². The molecule has 0 amide bonds. The third kappa shape index (κ3) is 5.30. The zero-order valence-electron chi connectivity index (χ0n) is 12.5. The van der Waals surface area contributed by atoms with Crippen molar-refractivity contribution in [2.45, 2.75) is 45.3 Å². The van der Waals surface area contributed by atoms with Gasteiger partial charge in [-0.2, -0.15) is 0 Å². The van der Waals surface area contributed by atoms with Crippen LogP contribution in [0.15, 0.2) is 18.2 Å². The van der Waals surface area contributed by atoms with Crippen LogP contribution in [0.25, 0.3) is 0 Å². The zero-order chi connectivity index (χ0) is 16.0. The van der Waals surface area contributed by atoms with Crippen molar-refractivity contribution in [3.05, 3.63) is 29.8 Å². The molecule has 1 aromatic rings. The second-order valence-electron chi connectivity index (χ2n) is 5.30. The van der Waals surface area contributed by atoms with Crippen LogP contribution in [0.5, 0.6) is 5.75 Å². The molecule has 0 bridgehead atoms. The van der Waals surface area contributed by atoms with E-state index in [1.54, 1.807) is 13.8 Å². The number of hydrogen-bond donors (Lipinski definition) is 2. The van der Waals surface area contributed by atoms with Crippen molar-refractivity contribution >= 4 is 5.97 Å². The summed E-state index contributed by atoms with van der Waals surface area (Å²) in [5.74, 6) is -2.41. The first-order chi connectivity index (χ1) is 9.76. The van der Waals surface area contributed by atoms with Gasteiger partial charge in [0.25, 0.3) is 0 Å². The average molecular weight is 301 g/mol. The van der Waals surface area contributed by atoms with Gasteiger partial charge in [-0.3, -0.25) is 4.79 Å². The van der Waals surface area contributed by atoms with Gasteiger partial charge in [-0.25, -0.2) is 8.78 Å². The lowest BCUT2D eigenvalue weighted by molar-refractivity contribution is -0.145. The van der Waals surface area contributed by atoms with E-state index in [9.17, 15) is 18.7 Å². The number of carbonyl (C=O) groups is 1. The largest absolute Gasteiger partial charge is 0.490 e. The van der Waals surface area contributed by atoms with E-state index < -0.39 is 29.2 Å². The maximum atomic E-state index is 13.1. The van der Waals surface area contributed by atoms with Gasteiger partial charge in [0.2, 0.25) is 0 Å². The molecule has 1 rings (SSSR count). The predicted molar refractivity (Wildman–Crippen MR) is 75.4 cm³/mol. The fraction of sp³-hybridized carbons (Fsp3) is 0.533. The quantitative estimate of drug-likeness (QED) is 0.775. The van der Waals surface area contributed by atoms with Gasteiger partial charge in [0.15, 0.2) is 0 Å². The molecule has 0 radical (unpaired) electrons. The van der Waals surface area contributed by atoms with E-state index in [1.165, 1.54) is 0 Å². The third-order valence-corrected chi connectivity index (χ3v) is 3.11. The van der Waals surface area contributed by atoms with Gasteiger partial charge in [-0.05, 0) is 26.8 Å². The molecule has 0 aliphatic rings. The molecule has 4 nitrogen and oxygen atoms in total. The van der Waals surface area contributed by atoms with Crippen LogP contribution in [0.2, 0.25) is 0 Å². The summed E-state index contributed by atoms with van der Waals surface area (Å²) < 4.78 is 31.6. The monoisotopic (exact) mass is 301 g/mol. The Bertz CT molecular complexity index is 476. The van der Waals surface area contributed by atoms with Crippen molar-refractivity contribution in [1.29, 1.82) is 0 Å². The molecule has 21 heavy (non-hydrogen) atoms. The summed E-state index contributed by atoms with van der Waals surface area (Å²) in [5.41, 5.74) is -1.15. The molecule has 118 valence electrons. The topological polar surface area (TPSA) is 58.6 Å². The van der Waals surface area contributed by atoms with Gasteiger partial charge in [-0.1, -0.05) is 6.92 Å². The summed E-state index contributed by atoms with van der Waals surface area (Å²) in [6, 6.07) is 2.88. The number of aliphatic carboxylic acids is 1. The minimum atomic E-state index is -1.15. The van der Waals surface area contributed by atoms with Crippen LogP contribution in [0.3, 0.4) is 0 Å². The molecule has 0 aliphatic heterocycles. The first-order valence-corrected chi connectivity index (χ1v) is 6.88. The zero-order valence-corrected chi connectivity index (χ0v) is 12.5. The normalized spacial score (nSPS) is 15.3. The van der Waals surface area contributed by atoms with Gasteiger partial charge < -0.3 is 15.2 Å². The molecule has 0 saturated carbocycles. The van der Waals surface area contributed by atoms with Crippen molar-refractivity contribution in [1.82, 2.24) is 5.32 Å². The van der Waals surface area contributed by atoms with Crippen LogP contribution in [-0.4, -0.2) is 29.3 Å². The summed E-state index contributed by atoms with van der Waals surface area (Å²) in [6.45, 7) is 5.73. The van der Waals surface area contributed by atoms with Gasteiger partial charge in [0.1, 0.15) is 22.9 Å². The van der Waals surface area contributed by atoms with Gasteiger partial charge in [-0.15, -0.1) is 0 Å². The van der Waals surface area contributed by atoms with Crippen LogP contribution >= 0.6 is 0 Å². The Labute approximate surface area is 123 Å². The number of rotatable bonds is 8. The minimum Gasteiger partial charge on any atom is -0.490 e. The maximum absolute atomic E-state index is 13.1. The summed E-state index contributed by atoms with van der Waals surface area (Å²) in [4.78, 5) is 11.4. The number of carboxylic acid groups (broad SMARTS) is 1. The molecule has 0 saturated heterocycles. The fourth-order valence-electron chi connectivity index (χ4n) is 2.08. The number of halogens is 2. The van der Waals surface area contributed by atoms with E-state index in [4.69, 9.17) is 4.74 Å². The molecule has 2 atom stereocenters. The van der Waals surface area contributed by atoms with Crippen molar-refractivity contribution < 1.29 is 23.4 Å². The Hall–Kier alpha value is -1.69. The van der Waals surface area contributed by atoms with Crippen LogP contribution < -0.4 is 10.1 Å². The van der Waals surface area contributed by atoms with E-state index in [0.717, 1.165) is 24.6 Å². The van der Waals surface area contributed by atoms with Gasteiger partial charge in [0, 0.05) is 24.6 Å². The minimum absolute atomic E-state index is 0.0447. The molecule has 6 heteroatoms. The second kappa shape index (κ2) is 7.36. The Balaban J connectivity index is 2.73. The Morgan fingerprint density at radius 1 is 1.38 bits per heavy atom. The van der Waals surface area contributed by atoms with Crippen LogP contribution in [-0.2, 0) is 4.79 Å². The first-order valence-electron chi connectivity index (χ1n) is 6.88. The second-order valence-corrected chi connectivity index (χ2v) is 5.30. The number of ether oxygens (including phenoxy) is 1. The van der Waals surface area contributed by atoms with E-state index >= 15 is 0 Å². The molecular formula is C15H21F2NO3. The summed E-state index contributed by atoms with van der Waals surface area (Å²) in [5, 5.41) is 12.3. The summed E-state index contributed by atoms with van der Waals surface area (Å²) in [6.07, 6.45) is 0.449. The standard InChI is InChI=1S/C15H21F2NO3/c1-4-5-18-15(3,14(19)20)9-10(2)21-13-7-11(16)6-12(17)8-13/h6-8,10,18H,4-5,9H2,1-3H3,(H,19,20). The van der Waals surface area contributed by atoms with Gasteiger partial charge in [0.05, 0.1) is 6.10 Å². The highest BCUT2D eigenvalue weighted by atomic mass is 19.1. The Morgan fingerprint density at radius 3 is 2.43 bits per heavy atom. The highest BCUT2D eigenvalue weighted by Gasteiger charge is 2.34. The van der Waals surface area contributed by atoms with Crippen LogP contribution in [0.4, 0.5) is 8.78 Å². The van der Waals surface area contributed by atoms with E-state index in [2.05, 4.69) is 5.32 Å². The summed E-state index contributed by atoms with van der Waals surface area (Å²) in [7, 11) is 0. The third-order valence-electron chi connectivity index (χ3n) is 3.11.